The Bertz CT molecular complexity index is 1090. The van der Waals surface area contributed by atoms with Gasteiger partial charge in [0, 0.05) is 17.1 Å². The number of anilines is 2. The maximum absolute atomic E-state index is 13.4. The average molecular weight is 441 g/mol. The van der Waals surface area contributed by atoms with Crippen molar-refractivity contribution >= 4 is 34.0 Å². The van der Waals surface area contributed by atoms with Crippen LogP contribution in [0.15, 0.2) is 42.7 Å². The Morgan fingerprint density at radius 2 is 1.97 bits per heavy atom. The van der Waals surface area contributed by atoms with Gasteiger partial charge >= 0.3 is 0 Å². The van der Waals surface area contributed by atoms with Crippen molar-refractivity contribution in [3.8, 4) is 5.75 Å². The molecule has 0 bridgehead atoms. The average Bonchev–Trinajstić information content (AvgIpc) is 2.75. The van der Waals surface area contributed by atoms with E-state index >= 15 is 0 Å². The van der Waals surface area contributed by atoms with Crippen molar-refractivity contribution in [2.45, 2.75) is 25.7 Å². The molecule has 1 N–H and O–H groups in total. The molecule has 2 aromatic carbocycles. The van der Waals surface area contributed by atoms with Crippen LogP contribution in [0.5, 0.6) is 5.75 Å². The minimum atomic E-state index is -0.449. The molecular weight excluding hydrogens is 415 g/mol. The summed E-state index contributed by atoms with van der Waals surface area (Å²) in [5.41, 5.74) is 2.03. The molecule has 31 heavy (non-hydrogen) atoms. The Balaban J connectivity index is 1.23. The zero-order valence-corrected chi connectivity index (χ0v) is 18.3. The first-order chi connectivity index (χ1) is 15.0. The molecule has 162 valence electrons. The lowest BCUT2D eigenvalue weighted by molar-refractivity contribution is -0.0245. The molecule has 1 aliphatic carbocycles. The van der Waals surface area contributed by atoms with E-state index in [2.05, 4.69) is 27.2 Å². The number of nitrogens with zero attached hydrogens (tertiary/aromatic N) is 3. The second-order valence-corrected chi connectivity index (χ2v) is 9.45. The van der Waals surface area contributed by atoms with Crippen LogP contribution < -0.4 is 10.1 Å². The van der Waals surface area contributed by atoms with Gasteiger partial charge in [0.25, 0.3) is 0 Å². The summed E-state index contributed by atoms with van der Waals surface area (Å²) < 4.78 is 19.5. The summed E-state index contributed by atoms with van der Waals surface area (Å²) in [6, 6.07) is 10.4. The maximum Gasteiger partial charge on any atom is 0.141 e. The number of hydrogen-bond donors (Lipinski definition) is 1. The molecule has 0 radical (unpaired) electrons. The Morgan fingerprint density at radius 1 is 1.16 bits per heavy atom. The van der Waals surface area contributed by atoms with E-state index in [9.17, 15) is 4.39 Å². The SMILES string of the molecule is CN1CCC2(CC1)CC(COc1ccc3c(Nc4ccc(F)c(Cl)c4)ncnc3c1)C2. The predicted molar refractivity (Wildman–Crippen MR) is 122 cm³/mol. The minimum Gasteiger partial charge on any atom is -0.493 e. The number of ether oxygens (including phenoxy) is 1. The smallest absolute Gasteiger partial charge is 0.141 e. The van der Waals surface area contributed by atoms with Crippen molar-refractivity contribution in [2.24, 2.45) is 11.3 Å². The largest absolute Gasteiger partial charge is 0.493 e. The van der Waals surface area contributed by atoms with Crippen LogP contribution in [-0.4, -0.2) is 41.6 Å². The number of rotatable bonds is 5. The van der Waals surface area contributed by atoms with Gasteiger partial charge in [0.2, 0.25) is 0 Å². The number of fused-ring (bicyclic) bond motifs is 1. The quantitative estimate of drug-likeness (QED) is 0.554. The van der Waals surface area contributed by atoms with Crippen LogP contribution in [-0.2, 0) is 0 Å². The summed E-state index contributed by atoms with van der Waals surface area (Å²) in [5, 5.41) is 4.12. The van der Waals surface area contributed by atoms with Crippen molar-refractivity contribution in [3.63, 3.8) is 0 Å². The normalized spacial score (nSPS) is 18.8. The molecule has 2 fully saturated rings. The Labute approximate surface area is 186 Å². The highest BCUT2D eigenvalue weighted by molar-refractivity contribution is 6.31. The standard InChI is InChI=1S/C24H26ClFN4O/c1-30-8-6-24(7-9-30)12-16(13-24)14-31-18-3-4-19-22(11-18)27-15-28-23(19)29-17-2-5-21(26)20(25)10-17/h2-5,10-11,15-16H,6-9,12-14H2,1H3,(H,27,28,29). The van der Waals surface area contributed by atoms with Gasteiger partial charge in [-0.1, -0.05) is 11.6 Å². The first-order valence-corrected chi connectivity index (χ1v) is 11.2. The highest BCUT2D eigenvalue weighted by Crippen LogP contribution is 2.52. The molecule has 1 aromatic heterocycles. The van der Waals surface area contributed by atoms with Gasteiger partial charge in [-0.15, -0.1) is 0 Å². The van der Waals surface area contributed by atoms with Crippen LogP contribution in [0, 0.1) is 17.2 Å². The van der Waals surface area contributed by atoms with Gasteiger partial charge in [0.05, 0.1) is 17.1 Å². The third kappa shape index (κ3) is 4.32. The monoisotopic (exact) mass is 440 g/mol. The molecule has 5 rings (SSSR count). The fourth-order valence-corrected chi connectivity index (χ4v) is 5.12. The van der Waals surface area contributed by atoms with Crippen molar-refractivity contribution in [1.82, 2.24) is 14.9 Å². The summed E-state index contributed by atoms with van der Waals surface area (Å²) in [4.78, 5) is 11.2. The van der Waals surface area contributed by atoms with Crippen molar-refractivity contribution in [2.75, 3.05) is 32.1 Å². The maximum atomic E-state index is 13.4. The Hall–Kier alpha value is -2.44. The van der Waals surface area contributed by atoms with E-state index < -0.39 is 5.82 Å². The van der Waals surface area contributed by atoms with Gasteiger partial charge in [0.15, 0.2) is 0 Å². The molecule has 5 nitrogen and oxygen atoms in total. The minimum absolute atomic E-state index is 0.0667. The van der Waals surface area contributed by atoms with E-state index in [-0.39, 0.29) is 5.02 Å². The van der Waals surface area contributed by atoms with E-state index in [0.29, 0.717) is 22.8 Å². The fourth-order valence-electron chi connectivity index (χ4n) is 4.93. The first kappa shape index (κ1) is 20.5. The van der Waals surface area contributed by atoms with Crippen molar-refractivity contribution < 1.29 is 9.13 Å². The summed E-state index contributed by atoms with van der Waals surface area (Å²) in [7, 11) is 2.21. The predicted octanol–water partition coefficient (Wildman–Crippen LogP) is 5.67. The number of aromatic nitrogens is 2. The summed E-state index contributed by atoms with van der Waals surface area (Å²) >= 11 is 5.88. The van der Waals surface area contributed by atoms with Crippen molar-refractivity contribution in [1.29, 1.82) is 0 Å². The molecule has 0 amide bonds. The zero-order valence-electron chi connectivity index (χ0n) is 17.6. The Morgan fingerprint density at radius 3 is 2.74 bits per heavy atom. The van der Waals surface area contributed by atoms with Crippen LogP contribution in [0.2, 0.25) is 5.02 Å². The topological polar surface area (TPSA) is 50.3 Å². The molecular formula is C24H26ClFN4O. The third-order valence-electron chi connectivity index (χ3n) is 6.77. The van der Waals surface area contributed by atoms with Gasteiger partial charge in [-0.2, -0.15) is 0 Å². The number of benzene rings is 2. The number of hydrogen-bond acceptors (Lipinski definition) is 5. The molecule has 2 heterocycles. The first-order valence-electron chi connectivity index (χ1n) is 10.8. The van der Waals surface area contributed by atoms with Crippen LogP contribution >= 0.6 is 11.6 Å². The second kappa shape index (κ2) is 8.24. The molecule has 1 saturated carbocycles. The molecule has 1 saturated heterocycles. The zero-order chi connectivity index (χ0) is 21.4. The van der Waals surface area contributed by atoms with E-state index in [0.717, 1.165) is 23.3 Å². The lowest BCUT2D eigenvalue weighted by Crippen LogP contribution is -2.47. The lowest BCUT2D eigenvalue weighted by atomic mass is 9.58. The number of likely N-dealkylation sites (tertiary alicyclic amines) is 1. The van der Waals surface area contributed by atoms with Gasteiger partial charge < -0.3 is 15.0 Å². The summed E-state index contributed by atoms with van der Waals surface area (Å²) in [6.07, 6.45) is 6.72. The van der Waals surface area contributed by atoms with Crippen LogP contribution in [0.4, 0.5) is 15.9 Å². The second-order valence-electron chi connectivity index (χ2n) is 9.04. The molecule has 1 aliphatic heterocycles. The highest BCUT2D eigenvalue weighted by atomic mass is 35.5. The molecule has 2 aliphatic rings. The van der Waals surface area contributed by atoms with Crippen LogP contribution in [0.25, 0.3) is 10.9 Å². The highest BCUT2D eigenvalue weighted by Gasteiger charge is 2.45. The van der Waals surface area contributed by atoms with Gasteiger partial charge in [0.1, 0.15) is 23.7 Å². The lowest BCUT2D eigenvalue weighted by Gasteiger charge is -2.51. The third-order valence-corrected chi connectivity index (χ3v) is 7.06. The fraction of sp³-hybridized carbons (Fsp3) is 0.417. The van der Waals surface area contributed by atoms with Crippen LogP contribution in [0.1, 0.15) is 25.7 Å². The van der Waals surface area contributed by atoms with E-state index in [1.807, 2.05) is 18.2 Å². The van der Waals surface area contributed by atoms with Crippen LogP contribution in [0.3, 0.4) is 0 Å². The van der Waals surface area contributed by atoms with E-state index in [4.69, 9.17) is 16.3 Å². The number of halogens is 2. The molecule has 7 heteroatoms. The van der Waals surface area contributed by atoms with E-state index in [1.165, 1.54) is 57.2 Å². The van der Waals surface area contributed by atoms with Gasteiger partial charge in [-0.25, -0.2) is 14.4 Å². The Kier molecular flexibility index (Phi) is 5.44. The molecule has 3 aromatic rings. The van der Waals surface area contributed by atoms with Crippen molar-refractivity contribution in [3.05, 3.63) is 53.6 Å². The summed E-state index contributed by atoms with van der Waals surface area (Å²) in [5.74, 6) is 1.66. The molecule has 0 atom stereocenters. The number of nitrogens with one attached hydrogen (secondary N) is 1. The summed E-state index contributed by atoms with van der Waals surface area (Å²) in [6.45, 7) is 3.20. The van der Waals surface area contributed by atoms with Gasteiger partial charge in [-0.05, 0) is 87.5 Å². The molecule has 0 unspecified atom stereocenters. The van der Waals surface area contributed by atoms with Gasteiger partial charge in [-0.3, -0.25) is 0 Å². The number of piperidine rings is 1. The van der Waals surface area contributed by atoms with E-state index in [1.54, 1.807) is 6.07 Å². The molecule has 1 spiro atoms.